The first-order valence-corrected chi connectivity index (χ1v) is 8.85. The summed E-state index contributed by atoms with van der Waals surface area (Å²) in [7, 11) is 0. The van der Waals surface area contributed by atoms with E-state index in [1.54, 1.807) is 5.38 Å². The third-order valence-corrected chi connectivity index (χ3v) is 5.26. The number of nitrogens with one attached hydrogen (secondary N) is 1. The maximum absolute atomic E-state index is 12.3. The van der Waals surface area contributed by atoms with Crippen LogP contribution in [0, 0.1) is 0 Å². The fourth-order valence-corrected chi connectivity index (χ4v) is 3.18. The summed E-state index contributed by atoms with van der Waals surface area (Å²) in [4.78, 5) is 16.7. The number of hydrogen-bond donors (Lipinski definition) is 2. The number of nitrogens with two attached hydrogens (primary N) is 1. The first-order valence-electron chi connectivity index (χ1n) is 7.97. The number of benzene rings is 1. The van der Waals surface area contributed by atoms with Crippen molar-refractivity contribution in [3.8, 4) is 22.1 Å². The van der Waals surface area contributed by atoms with Gasteiger partial charge in [-0.15, -0.1) is 36.2 Å². The molecule has 1 amide bonds. The van der Waals surface area contributed by atoms with Crippen LogP contribution in [0.5, 0.6) is 11.5 Å². The van der Waals surface area contributed by atoms with E-state index in [4.69, 9.17) is 15.2 Å². The van der Waals surface area contributed by atoms with Crippen LogP contribution in [0.1, 0.15) is 37.2 Å². The van der Waals surface area contributed by atoms with Crippen molar-refractivity contribution in [2.45, 2.75) is 32.2 Å². The highest BCUT2D eigenvalue weighted by atomic mass is 35.5. The van der Waals surface area contributed by atoms with E-state index in [1.165, 1.54) is 11.3 Å². The SMILES string of the molecule is CCC(N)(CC)CNC(=O)c1csc(-c2ccc3c(c2)OCO3)n1.Cl.Cl. The van der Waals surface area contributed by atoms with Gasteiger partial charge in [-0.05, 0) is 31.0 Å². The molecule has 3 N–H and O–H groups in total. The summed E-state index contributed by atoms with van der Waals surface area (Å²) < 4.78 is 10.7. The number of aromatic nitrogens is 1. The van der Waals surface area contributed by atoms with Gasteiger partial charge in [0, 0.05) is 23.0 Å². The molecule has 0 saturated heterocycles. The molecular weight excluding hydrogens is 397 g/mol. The van der Waals surface area contributed by atoms with E-state index in [9.17, 15) is 4.79 Å². The van der Waals surface area contributed by atoms with Gasteiger partial charge < -0.3 is 20.5 Å². The Labute approximate surface area is 169 Å². The Hall–Kier alpha value is -1.54. The van der Waals surface area contributed by atoms with Crippen molar-refractivity contribution >= 4 is 42.1 Å². The molecule has 144 valence electrons. The summed E-state index contributed by atoms with van der Waals surface area (Å²) >= 11 is 1.42. The number of ether oxygens (including phenoxy) is 2. The number of halogens is 2. The largest absolute Gasteiger partial charge is 0.454 e. The first-order chi connectivity index (χ1) is 11.5. The molecule has 0 unspecified atom stereocenters. The van der Waals surface area contributed by atoms with Crippen LogP contribution >= 0.6 is 36.2 Å². The lowest BCUT2D eigenvalue weighted by atomic mass is 9.94. The molecule has 0 atom stereocenters. The van der Waals surface area contributed by atoms with Gasteiger partial charge in [0.25, 0.3) is 5.91 Å². The Bertz CT molecular complexity index is 751. The third-order valence-electron chi connectivity index (χ3n) is 4.37. The first kappa shape index (κ1) is 22.5. The van der Waals surface area contributed by atoms with Crippen molar-refractivity contribution in [2.75, 3.05) is 13.3 Å². The molecule has 6 nitrogen and oxygen atoms in total. The summed E-state index contributed by atoms with van der Waals surface area (Å²) in [5, 5.41) is 5.41. The van der Waals surface area contributed by atoms with Gasteiger partial charge in [-0.3, -0.25) is 4.79 Å². The van der Waals surface area contributed by atoms with E-state index >= 15 is 0 Å². The predicted molar refractivity (Wildman–Crippen MR) is 108 cm³/mol. The molecule has 0 saturated carbocycles. The zero-order valence-corrected chi connectivity index (χ0v) is 17.1. The van der Waals surface area contributed by atoms with E-state index in [0.717, 1.165) is 29.2 Å². The van der Waals surface area contributed by atoms with Gasteiger partial charge in [0.05, 0.1) is 0 Å². The molecule has 0 bridgehead atoms. The Balaban J connectivity index is 0.00000169. The number of thiazole rings is 1. The van der Waals surface area contributed by atoms with E-state index in [1.807, 2.05) is 32.0 Å². The molecule has 0 radical (unpaired) electrons. The minimum absolute atomic E-state index is 0. The number of rotatable bonds is 6. The Morgan fingerprint density at radius 2 is 1.96 bits per heavy atom. The highest BCUT2D eigenvalue weighted by molar-refractivity contribution is 7.13. The summed E-state index contributed by atoms with van der Waals surface area (Å²) in [6.45, 7) is 4.72. The Morgan fingerprint density at radius 3 is 2.65 bits per heavy atom. The summed E-state index contributed by atoms with van der Waals surface area (Å²) in [6.07, 6.45) is 1.62. The van der Waals surface area contributed by atoms with Gasteiger partial charge in [0.15, 0.2) is 11.5 Å². The van der Waals surface area contributed by atoms with Crippen molar-refractivity contribution in [1.82, 2.24) is 10.3 Å². The summed E-state index contributed by atoms with van der Waals surface area (Å²) in [5.41, 5.74) is 7.15. The zero-order valence-electron chi connectivity index (χ0n) is 14.6. The van der Waals surface area contributed by atoms with Crippen molar-refractivity contribution in [2.24, 2.45) is 5.73 Å². The van der Waals surface area contributed by atoms with Gasteiger partial charge in [-0.2, -0.15) is 0 Å². The van der Waals surface area contributed by atoms with Crippen LogP contribution in [0.15, 0.2) is 23.6 Å². The smallest absolute Gasteiger partial charge is 0.270 e. The average Bonchev–Trinajstić information content (AvgIpc) is 3.27. The van der Waals surface area contributed by atoms with Crippen LogP contribution in [0.3, 0.4) is 0 Å². The van der Waals surface area contributed by atoms with Crippen LogP contribution in [0.4, 0.5) is 0 Å². The second-order valence-corrected chi connectivity index (χ2v) is 6.72. The minimum Gasteiger partial charge on any atom is -0.454 e. The number of nitrogens with zero attached hydrogens (tertiary/aromatic N) is 1. The topological polar surface area (TPSA) is 86.5 Å². The number of hydrogen-bond acceptors (Lipinski definition) is 6. The molecule has 2 aromatic rings. The van der Waals surface area contributed by atoms with Gasteiger partial charge in [-0.25, -0.2) is 4.98 Å². The van der Waals surface area contributed by atoms with Crippen molar-refractivity contribution in [3.05, 3.63) is 29.3 Å². The van der Waals surface area contributed by atoms with Crippen molar-refractivity contribution in [3.63, 3.8) is 0 Å². The quantitative estimate of drug-likeness (QED) is 0.746. The highest BCUT2D eigenvalue weighted by Crippen LogP contribution is 2.36. The van der Waals surface area contributed by atoms with Gasteiger partial charge in [0.2, 0.25) is 6.79 Å². The fourth-order valence-electron chi connectivity index (χ4n) is 2.39. The maximum Gasteiger partial charge on any atom is 0.270 e. The monoisotopic (exact) mass is 419 g/mol. The average molecular weight is 420 g/mol. The van der Waals surface area contributed by atoms with Crippen molar-refractivity contribution in [1.29, 1.82) is 0 Å². The van der Waals surface area contributed by atoms with Crippen molar-refractivity contribution < 1.29 is 14.3 Å². The predicted octanol–water partition coefficient (Wildman–Crippen LogP) is 3.63. The maximum atomic E-state index is 12.3. The Morgan fingerprint density at radius 1 is 1.27 bits per heavy atom. The second-order valence-electron chi connectivity index (χ2n) is 5.86. The van der Waals surface area contributed by atoms with E-state index < -0.39 is 0 Å². The van der Waals surface area contributed by atoms with E-state index in [2.05, 4.69) is 10.3 Å². The summed E-state index contributed by atoms with van der Waals surface area (Å²) in [5.74, 6) is 1.23. The van der Waals surface area contributed by atoms with E-state index in [0.29, 0.717) is 18.0 Å². The van der Waals surface area contributed by atoms with Crippen LogP contribution in [-0.4, -0.2) is 29.8 Å². The van der Waals surface area contributed by atoms with Crippen LogP contribution in [0.2, 0.25) is 0 Å². The Kier molecular flexibility index (Phi) is 8.15. The normalized spacial score (nSPS) is 12.1. The van der Waals surface area contributed by atoms with Gasteiger partial charge in [0.1, 0.15) is 10.7 Å². The molecule has 0 aliphatic carbocycles. The molecule has 1 aliphatic heterocycles. The molecule has 3 rings (SSSR count). The van der Waals surface area contributed by atoms with Gasteiger partial charge in [-0.1, -0.05) is 13.8 Å². The lowest BCUT2D eigenvalue weighted by molar-refractivity contribution is 0.0938. The lowest BCUT2D eigenvalue weighted by Crippen LogP contribution is -2.49. The number of fused-ring (bicyclic) bond motifs is 1. The van der Waals surface area contributed by atoms with Crippen LogP contribution in [0.25, 0.3) is 10.6 Å². The molecule has 1 aliphatic rings. The molecule has 1 aromatic heterocycles. The zero-order chi connectivity index (χ0) is 17.2. The van der Waals surface area contributed by atoms with Gasteiger partial charge >= 0.3 is 0 Å². The molecule has 2 heterocycles. The lowest BCUT2D eigenvalue weighted by Gasteiger charge is -2.26. The van der Waals surface area contributed by atoms with Crippen LogP contribution < -0.4 is 20.5 Å². The molecule has 1 aromatic carbocycles. The third kappa shape index (κ3) is 4.79. The fraction of sp³-hybridized carbons (Fsp3) is 0.412. The number of carbonyl (C=O) groups is 1. The molecule has 26 heavy (non-hydrogen) atoms. The molecule has 0 fully saturated rings. The van der Waals surface area contributed by atoms with Crippen LogP contribution in [-0.2, 0) is 0 Å². The molecular formula is C17H23Cl2N3O3S. The summed E-state index contributed by atoms with van der Waals surface area (Å²) in [6, 6.07) is 5.64. The highest BCUT2D eigenvalue weighted by Gasteiger charge is 2.22. The molecule has 0 spiro atoms. The minimum atomic E-state index is -0.369. The second kappa shape index (κ2) is 9.41. The molecule has 9 heteroatoms. The van der Waals surface area contributed by atoms with E-state index in [-0.39, 0.29) is 43.1 Å². The number of amides is 1. The standard InChI is InChI=1S/C17H21N3O3S.2ClH/c1-3-17(18,4-2)9-19-15(21)12-8-24-16(20-12)11-5-6-13-14(7-11)23-10-22-13;;/h5-8H,3-4,9-10,18H2,1-2H3,(H,19,21);2*1H. The number of carbonyl (C=O) groups excluding carboxylic acids is 1.